The van der Waals surface area contributed by atoms with E-state index in [9.17, 15) is 13.2 Å². The lowest BCUT2D eigenvalue weighted by Gasteiger charge is -2.16. The van der Waals surface area contributed by atoms with E-state index < -0.39 is 18.7 Å². The predicted octanol–water partition coefficient (Wildman–Crippen LogP) is 2.85. The molecule has 0 amide bonds. The number of alkyl halides is 2. The number of sulfone groups is 1. The molecule has 7 heteroatoms. The van der Waals surface area contributed by atoms with Gasteiger partial charge in [-0.2, -0.15) is 0 Å². The Labute approximate surface area is 112 Å². The number of benzene rings is 1. The van der Waals surface area contributed by atoms with E-state index in [1.54, 1.807) is 6.07 Å². The monoisotopic (exact) mass is 344 g/mol. The summed E-state index contributed by atoms with van der Waals surface area (Å²) in [6, 6.07) is 5.91. The van der Waals surface area contributed by atoms with Gasteiger partial charge in [-0.3, -0.25) is 4.79 Å². The molecule has 0 aromatic heterocycles. The molecule has 16 heavy (non-hydrogen) atoms. The first-order chi connectivity index (χ1) is 7.16. The zero-order valence-electron chi connectivity index (χ0n) is 8.08. The first kappa shape index (κ1) is 14.0. The van der Waals surface area contributed by atoms with Gasteiger partial charge in [0.1, 0.15) is 0 Å². The molecule has 0 heterocycles. The topological polar surface area (TPSA) is 51.2 Å². The molecule has 0 spiro atoms. The highest BCUT2D eigenvalue weighted by Crippen LogP contribution is 2.34. The number of rotatable bonds is 3. The van der Waals surface area contributed by atoms with E-state index >= 15 is 0 Å². The molecule has 1 atom stereocenters. The van der Waals surface area contributed by atoms with E-state index in [1.807, 2.05) is 0 Å². The summed E-state index contributed by atoms with van der Waals surface area (Å²) in [5, 5.41) is 0.333. The molecule has 1 aromatic rings. The van der Waals surface area contributed by atoms with Crippen molar-refractivity contribution < 1.29 is 13.2 Å². The highest BCUT2D eigenvalue weighted by atomic mass is 79.9. The fourth-order valence-corrected chi connectivity index (χ4v) is 1.95. The van der Waals surface area contributed by atoms with E-state index in [2.05, 4.69) is 15.9 Å². The summed E-state index contributed by atoms with van der Waals surface area (Å²) in [6.45, 7) is 0. The van der Waals surface area contributed by atoms with E-state index in [4.69, 9.17) is 23.2 Å². The Hall–Kier alpha value is -0.100. The van der Waals surface area contributed by atoms with Crippen molar-refractivity contribution in [2.24, 2.45) is 0 Å². The van der Waals surface area contributed by atoms with E-state index in [-0.39, 0.29) is 5.56 Å². The lowest BCUT2D eigenvalue weighted by molar-refractivity contribution is 0.1000. The van der Waals surface area contributed by atoms with Crippen molar-refractivity contribution in [3.63, 3.8) is 0 Å². The number of halogens is 3. The number of carbonyl (C=O) groups is 1. The number of ketones is 1. The molecule has 0 fully saturated rings. The van der Waals surface area contributed by atoms with Crippen molar-refractivity contribution in [3.8, 4) is 0 Å². The molecule has 0 radical (unpaired) electrons. The fraction of sp³-hybridized carbons (Fsp3) is 0.222. The number of Topliss-reactive ketones (excluding diaryl/α,β-unsaturated/α-hetero) is 1. The summed E-state index contributed by atoms with van der Waals surface area (Å²) in [6.07, 6.45) is 0.872. The Morgan fingerprint density at radius 1 is 1.44 bits per heavy atom. The summed E-state index contributed by atoms with van der Waals surface area (Å²) in [4.78, 5) is 11.8. The summed E-state index contributed by atoms with van der Waals surface area (Å²) in [7, 11) is -3.77. The molecule has 0 aliphatic carbocycles. The van der Waals surface area contributed by atoms with Gasteiger partial charge in [0.05, 0.1) is 0 Å². The van der Waals surface area contributed by atoms with E-state index in [0.717, 1.165) is 6.26 Å². The maximum absolute atomic E-state index is 11.8. The van der Waals surface area contributed by atoms with Crippen LogP contribution in [0.3, 0.4) is 0 Å². The Bertz CT molecular complexity index is 525. The van der Waals surface area contributed by atoms with Crippen molar-refractivity contribution in [1.29, 1.82) is 0 Å². The van der Waals surface area contributed by atoms with Crippen LogP contribution < -0.4 is 0 Å². The summed E-state index contributed by atoms with van der Waals surface area (Å²) in [5.41, 5.74) is 0.129. The molecule has 0 aliphatic rings. The average molecular weight is 346 g/mol. The summed E-state index contributed by atoms with van der Waals surface area (Å²) in [5.74, 6) is -0.765. The third kappa shape index (κ3) is 2.77. The van der Waals surface area contributed by atoms with Gasteiger partial charge in [0.2, 0.25) is 5.78 Å². The van der Waals surface area contributed by atoms with Gasteiger partial charge in [-0.15, -0.1) is 0 Å². The zero-order chi connectivity index (χ0) is 12.6. The van der Waals surface area contributed by atoms with Crippen LogP contribution >= 0.6 is 39.1 Å². The summed E-state index contributed by atoms with van der Waals surface area (Å²) >= 11 is 14.1. The molecule has 1 rings (SSSR count). The van der Waals surface area contributed by atoms with Crippen LogP contribution in [-0.4, -0.2) is 23.6 Å². The quantitative estimate of drug-likeness (QED) is 0.625. The molecular weight excluding hydrogens is 339 g/mol. The van der Waals surface area contributed by atoms with Crippen LogP contribution in [0.4, 0.5) is 0 Å². The second-order valence-electron chi connectivity index (χ2n) is 3.13. The Kier molecular flexibility index (Phi) is 4.05. The molecule has 88 valence electrons. The molecule has 0 saturated heterocycles. The standard InChI is InChI=1S/C9H7BrCl2O3S/c1-16(14,15)9(10,12)8(13)6-3-2-4-7(11)5-6/h2-5H,1H3. The molecule has 0 bridgehead atoms. The van der Waals surface area contributed by atoms with Crippen LogP contribution in [0.2, 0.25) is 5.02 Å². The first-order valence-electron chi connectivity index (χ1n) is 4.04. The van der Waals surface area contributed by atoms with Crippen molar-refractivity contribution in [2.75, 3.05) is 6.26 Å². The normalized spacial score (nSPS) is 15.5. The van der Waals surface area contributed by atoms with Crippen LogP contribution in [0.5, 0.6) is 0 Å². The molecule has 0 saturated carbocycles. The SMILES string of the molecule is CS(=O)(=O)C(Cl)(Br)C(=O)c1cccc(Cl)c1. The average Bonchev–Trinajstić information content (AvgIpc) is 2.14. The van der Waals surface area contributed by atoms with E-state index in [1.165, 1.54) is 18.2 Å². The van der Waals surface area contributed by atoms with Gasteiger partial charge in [0.25, 0.3) is 3.12 Å². The lowest BCUT2D eigenvalue weighted by Crippen LogP contribution is -2.34. The van der Waals surface area contributed by atoms with Gasteiger partial charge in [-0.25, -0.2) is 8.42 Å². The second-order valence-corrected chi connectivity index (χ2v) is 8.68. The maximum atomic E-state index is 11.8. The Balaban J connectivity index is 3.23. The largest absolute Gasteiger partial charge is 0.290 e. The molecular formula is C9H7BrCl2O3S. The number of hydrogen-bond acceptors (Lipinski definition) is 3. The third-order valence-electron chi connectivity index (χ3n) is 1.82. The smallest absolute Gasteiger partial charge is 0.261 e. The molecule has 0 N–H and O–H groups in total. The predicted molar refractivity (Wildman–Crippen MR) is 68.1 cm³/mol. The Morgan fingerprint density at radius 3 is 2.44 bits per heavy atom. The van der Waals surface area contributed by atoms with Gasteiger partial charge in [-0.1, -0.05) is 35.3 Å². The molecule has 3 nitrogen and oxygen atoms in total. The van der Waals surface area contributed by atoms with Crippen molar-refractivity contribution in [1.82, 2.24) is 0 Å². The van der Waals surface area contributed by atoms with E-state index in [0.29, 0.717) is 5.02 Å². The summed E-state index contributed by atoms with van der Waals surface area (Å²) < 4.78 is 20.5. The highest BCUT2D eigenvalue weighted by Gasteiger charge is 2.44. The Morgan fingerprint density at radius 2 is 2.00 bits per heavy atom. The van der Waals surface area contributed by atoms with Gasteiger partial charge in [-0.05, 0) is 28.1 Å². The van der Waals surface area contributed by atoms with Crippen molar-refractivity contribution >= 4 is 54.8 Å². The van der Waals surface area contributed by atoms with Crippen LogP contribution in [-0.2, 0) is 9.84 Å². The van der Waals surface area contributed by atoms with Crippen molar-refractivity contribution in [2.45, 2.75) is 3.12 Å². The minimum atomic E-state index is -3.77. The van der Waals surface area contributed by atoms with Gasteiger partial charge in [0, 0.05) is 16.8 Å². The fourth-order valence-electron chi connectivity index (χ4n) is 0.966. The van der Waals surface area contributed by atoms with Gasteiger partial charge < -0.3 is 0 Å². The van der Waals surface area contributed by atoms with Crippen LogP contribution in [0.25, 0.3) is 0 Å². The van der Waals surface area contributed by atoms with Crippen molar-refractivity contribution in [3.05, 3.63) is 34.9 Å². The molecule has 1 unspecified atom stereocenters. The third-order valence-corrected chi connectivity index (χ3v) is 6.31. The van der Waals surface area contributed by atoms with Crippen LogP contribution in [0.15, 0.2) is 24.3 Å². The minimum Gasteiger partial charge on any atom is -0.290 e. The number of carbonyl (C=O) groups excluding carboxylic acids is 1. The van der Waals surface area contributed by atoms with Gasteiger partial charge >= 0.3 is 0 Å². The highest BCUT2D eigenvalue weighted by molar-refractivity contribution is 9.12. The molecule has 0 aliphatic heterocycles. The minimum absolute atomic E-state index is 0.129. The second kappa shape index (κ2) is 4.64. The lowest BCUT2D eigenvalue weighted by atomic mass is 10.1. The number of hydrogen-bond donors (Lipinski definition) is 0. The maximum Gasteiger partial charge on any atom is 0.261 e. The van der Waals surface area contributed by atoms with Crippen LogP contribution in [0.1, 0.15) is 10.4 Å². The van der Waals surface area contributed by atoms with Gasteiger partial charge in [0.15, 0.2) is 9.84 Å². The molecule has 1 aromatic carbocycles. The zero-order valence-corrected chi connectivity index (χ0v) is 12.0. The van der Waals surface area contributed by atoms with Crippen LogP contribution in [0, 0.1) is 0 Å². The first-order valence-corrected chi connectivity index (χ1v) is 7.48.